The zero-order valence-corrected chi connectivity index (χ0v) is 15.2. The minimum atomic E-state index is -0.122. The van der Waals surface area contributed by atoms with Gasteiger partial charge in [-0.05, 0) is 37.1 Å². The lowest BCUT2D eigenvalue weighted by atomic mass is 9.99. The molecule has 0 aliphatic heterocycles. The highest BCUT2D eigenvalue weighted by atomic mass is 16.2. The van der Waals surface area contributed by atoms with Crippen LogP contribution in [0.2, 0.25) is 0 Å². The van der Waals surface area contributed by atoms with Crippen LogP contribution in [-0.4, -0.2) is 28.1 Å². The van der Waals surface area contributed by atoms with Gasteiger partial charge in [0.2, 0.25) is 5.91 Å². The molecular weight excluding hydrogens is 326 g/mol. The lowest BCUT2D eigenvalue weighted by molar-refractivity contribution is -0.131. The van der Waals surface area contributed by atoms with Gasteiger partial charge in [0.05, 0.1) is 12.5 Å². The number of carbonyl (C=O) groups is 2. The number of carbonyl (C=O) groups excluding carboxylic acids is 2. The average molecular weight is 349 g/mol. The Kier molecular flexibility index (Phi) is 7.04. The molecule has 5 nitrogen and oxygen atoms in total. The number of rotatable bonds is 8. The predicted molar refractivity (Wildman–Crippen MR) is 99.4 cm³/mol. The molecule has 26 heavy (non-hydrogen) atoms. The fraction of sp³-hybridized carbons (Fsp3) is 0.333. The minimum Gasteiger partial charge on any atom is -0.337 e. The van der Waals surface area contributed by atoms with Crippen LogP contribution in [0, 0.1) is 25.2 Å². The molecule has 2 rings (SSSR count). The summed E-state index contributed by atoms with van der Waals surface area (Å²) in [4.78, 5) is 30.7. The van der Waals surface area contributed by atoms with Crippen molar-refractivity contribution in [3.8, 4) is 6.07 Å². The van der Waals surface area contributed by atoms with Gasteiger partial charge in [0.15, 0.2) is 5.78 Å². The SMILES string of the molecule is Cc1ccc(C)c(C(=O)CCC(=O)N(CCC#N)Cc2cccnc2)c1. The maximum atomic E-state index is 12.6. The summed E-state index contributed by atoms with van der Waals surface area (Å²) in [5.41, 5.74) is 3.52. The summed E-state index contributed by atoms with van der Waals surface area (Å²) in [6.07, 6.45) is 3.94. The Bertz CT molecular complexity index is 810. The smallest absolute Gasteiger partial charge is 0.223 e. The monoisotopic (exact) mass is 349 g/mol. The van der Waals surface area contributed by atoms with E-state index in [-0.39, 0.29) is 31.0 Å². The molecule has 0 fully saturated rings. The Morgan fingerprint density at radius 1 is 1.19 bits per heavy atom. The number of nitriles is 1. The molecule has 0 bridgehead atoms. The molecule has 0 saturated heterocycles. The number of pyridine rings is 1. The second-order valence-corrected chi connectivity index (χ2v) is 6.33. The summed E-state index contributed by atoms with van der Waals surface area (Å²) >= 11 is 0. The van der Waals surface area contributed by atoms with Crippen LogP contribution in [0.3, 0.4) is 0 Å². The minimum absolute atomic E-state index is 0.0267. The molecule has 0 saturated carbocycles. The molecule has 1 amide bonds. The van der Waals surface area contributed by atoms with Crippen molar-refractivity contribution >= 4 is 11.7 Å². The van der Waals surface area contributed by atoms with Gasteiger partial charge < -0.3 is 4.90 Å². The molecule has 134 valence electrons. The Morgan fingerprint density at radius 3 is 2.69 bits per heavy atom. The zero-order valence-electron chi connectivity index (χ0n) is 15.2. The molecule has 5 heteroatoms. The van der Waals surface area contributed by atoms with Crippen molar-refractivity contribution in [2.24, 2.45) is 0 Å². The third kappa shape index (κ3) is 5.52. The van der Waals surface area contributed by atoms with E-state index in [4.69, 9.17) is 5.26 Å². The summed E-state index contributed by atoms with van der Waals surface area (Å²) in [6, 6.07) is 11.5. The van der Waals surface area contributed by atoms with Crippen molar-refractivity contribution in [1.29, 1.82) is 5.26 Å². The zero-order chi connectivity index (χ0) is 18.9. The van der Waals surface area contributed by atoms with Crippen LogP contribution in [0.5, 0.6) is 0 Å². The molecule has 0 N–H and O–H groups in total. The van der Waals surface area contributed by atoms with Gasteiger partial charge in [0, 0.05) is 43.9 Å². The van der Waals surface area contributed by atoms with Crippen LogP contribution in [0.15, 0.2) is 42.7 Å². The van der Waals surface area contributed by atoms with Crippen LogP contribution in [0.4, 0.5) is 0 Å². The number of amides is 1. The van der Waals surface area contributed by atoms with E-state index in [0.717, 1.165) is 16.7 Å². The van der Waals surface area contributed by atoms with E-state index in [2.05, 4.69) is 11.1 Å². The maximum absolute atomic E-state index is 12.6. The number of hydrogen-bond acceptors (Lipinski definition) is 4. The first-order valence-electron chi connectivity index (χ1n) is 8.65. The standard InChI is InChI=1S/C21H23N3O2/c1-16-6-7-17(2)19(13-16)20(25)8-9-21(26)24(12-4-10-22)15-18-5-3-11-23-14-18/h3,5-7,11,13-14H,4,8-9,12,15H2,1-2H3. The van der Waals surface area contributed by atoms with Gasteiger partial charge in [-0.25, -0.2) is 0 Å². The van der Waals surface area contributed by atoms with Crippen molar-refractivity contribution in [2.75, 3.05) is 6.54 Å². The molecule has 0 aliphatic rings. The molecular formula is C21H23N3O2. The van der Waals surface area contributed by atoms with Crippen molar-refractivity contribution in [3.63, 3.8) is 0 Å². The Labute approximate surface area is 154 Å². The van der Waals surface area contributed by atoms with Gasteiger partial charge in [-0.1, -0.05) is 23.8 Å². The molecule has 0 atom stereocenters. The van der Waals surface area contributed by atoms with Gasteiger partial charge in [-0.15, -0.1) is 0 Å². The molecule has 1 aromatic heterocycles. The van der Waals surface area contributed by atoms with E-state index < -0.39 is 0 Å². The fourth-order valence-electron chi connectivity index (χ4n) is 2.74. The number of aromatic nitrogens is 1. The third-order valence-electron chi connectivity index (χ3n) is 4.20. The van der Waals surface area contributed by atoms with Crippen LogP contribution < -0.4 is 0 Å². The van der Waals surface area contributed by atoms with Crippen molar-refractivity contribution in [1.82, 2.24) is 9.88 Å². The summed E-state index contributed by atoms with van der Waals surface area (Å²) < 4.78 is 0. The number of Topliss-reactive ketones (excluding diaryl/α,β-unsaturated/α-hetero) is 1. The van der Waals surface area contributed by atoms with Crippen molar-refractivity contribution in [2.45, 2.75) is 39.7 Å². The second-order valence-electron chi connectivity index (χ2n) is 6.33. The lowest BCUT2D eigenvalue weighted by Crippen LogP contribution is -2.31. The number of aryl methyl sites for hydroxylation is 2. The van der Waals surface area contributed by atoms with Gasteiger partial charge in [-0.2, -0.15) is 5.26 Å². The van der Waals surface area contributed by atoms with Crippen LogP contribution in [-0.2, 0) is 11.3 Å². The quantitative estimate of drug-likeness (QED) is 0.683. The van der Waals surface area contributed by atoms with Gasteiger partial charge in [-0.3, -0.25) is 14.6 Å². The van der Waals surface area contributed by atoms with Gasteiger partial charge in [0.1, 0.15) is 0 Å². The Hall–Kier alpha value is -3.00. The summed E-state index contributed by atoms with van der Waals surface area (Å²) in [5.74, 6) is -0.149. The average Bonchev–Trinajstić information content (AvgIpc) is 2.65. The molecule has 2 aromatic rings. The first kappa shape index (κ1) is 19.3. The van der Waals surface area contributed by atoms with Crippen LogP contribution >= 0.6 is 0 Å². The molecule has 1 heterocycles. The first-order valence-corrected chi connectivity index (χ1v) is 8.65. The Morgan fingerprint density at radius 2 is 2.00 bits per heavy atom. The highest BCUT2D eigenvalue weighted by molar-refractivity contribution is 5.99. The topological polar surface area (TPSA) is 74.1 Å². The predicted octanol–water partition coefficient (Wildman–Crippen LogP) is 3.60. The van der Waals surface area contributed by atoms with E-state index in [1.54, 1.807) is 17.3 Å². The van der Waals surface area contributed by atoms with Crippen LogP contribution in [0.25, 0.3) is 0 Å². The molecule has 1 aromatic carbocycles. The number of ketones is 1. The third-order valence-corrected chi connectivity index (χ3v) is 4.20. The fourth-order valence-corrected chi connectivity index (χ4v) is 2.74. The molecule has 0 unspecified atom stereocenters. The highest BCUT2D eigenvalue weighted by Crippen LogP contribution is 2.15. The number of hydrogen-bond donors (Lipinski definition) is 0. The number of nitrogens with zero attached hydrogens (tertiary/aromatic N) is 3. The van der Waals surface area contributed by atoms with E-state index in [1.807, 2.05) is 44.2 Å². The maximum Gasteiger partial charge on any atom is 0.223 e. The van der Waals surface area contributed by atoms with Crippen molar-refractivity contribution in [3.05, 3.63) is 65.0 Å². The Balaban J connectivity index is 2.01. The summed E-state index contributed by atoms with van der Waals surface area (Å²) in [5, 5.41) is 8.83. The normalized spacial score (nSPS) is 10.2. The first-order chi connectivity index (χ1) is 12.5. The van der Waals surface area contributed by atoms with E-state index in [9.17, 15) is 9.59 Å². The van der Waals surface area contributed by atoms with Gasteiger partial charge >= 0.3 is 0 Å². The summed E-state index contributed by atoms with van der Waals surface area (Å²) in [7, 11) is 0. The highest BCUT2D eigenvalue weighted by Gasteiger charge is 2.17. The van der Waals surface area contributed by atoms with Crippen molar-refractivity contribution < 1.29 is 9.59 Å². The molecule has 0 radical (unpaired) electrons. The molecule has 0 aliphatic carbocycles. The van der Waals surface area contributed by atoms with Crippen LogP contribution in [0.1, 0.15) is 46.3 Å². The lowest BCUT2D eigenvalue weighted by Gasteiger charge is -2.21. The van der Waals surface area contributed by atoms with E-state index >= 15 is 0 Å². The summed E-state index contributed by atoms with van der Waals surface area (Å²) in [6.45, 7) is 4.59. The van der Waals surface area contributed by atoms with Gasteiger partial charge in [0.25, 0.3) is 0 Å². The van der Waals surface area contributed by atoms with E-state index in [0.29, 0.717) is 18.7 Å². The largest absolute Gasteiger partial charge is 0.337 e. The number of benzene rings is 1. The second kappa shape index (κ2) is 9.47. The molecule has 0 spiro atoms. The van der Waals surface area contributed by atoms with E-state index in [1.165, 1.54) is 0 Å².